The molecule has 0 spiro atoms. The Labute approximate surface area is 153 Å². The number of fused-ring (bicyclic) bond motifs is 5. The van der Waals surface area contributed by atoms with Crippen molar-refractivity contribution < 1.29 is 9.84 Å². The molecule has 2 saturated carbocycles. The fraction of sp³-hybridized carbons (Fsp3) is 0.474. The minimum Gasteiger partial charge on any atom is -0.504 e. The molecule has 5 atom stereocenters. The molecule has 0 unspecified atom stereocenters. The molecule has 2 fully saturated rings. The molecule has 1 aromatic rings. The number of phenols is 1. The number of allylic oxidation sites excluding steroid dienone is 2. The van der Waals surface area contributed by atoms with Gasteiger partial charge in [0.15, 0.2) is 16.6 Å². The molecule has 2 bridgehead atoms. The van der Waals surface area contributed by atoms with Crippen molar-refractivity contribution in [3.63, 3.8) is 0 Å². The van der Waals surface area contributed by atoms with Crippen molar-refractivity contribution in [3.05, 3.63) is 35.9 Å². The third-order valence-corrected chi connectivity index (χ3v) is 6.12. The second kappa shape index (κ2) is 6.67. The summed E-state index contributed by atoms with van der Waals surface area (Å²) in [5.41, 5.74) is 3.72. The van der Waals surface area contributed by atoms with Gasteiger partial charge in [-0.1, -0.05) is 12.2 Å². The maximum Gasteiger partial charge on any atom is 0.187 e. The van der Waals surface area contributed by atoms with E-state index in [2.05, 4.69) is 28.0 Å². The number of hydrazone groups is 1. The molecule has 1 aromatic carbocycles. The first-order valence-electron chi connectivity index (χ1n) is 8.79. The number of ether oxygens (including phenoxy) is 1. The fourth-order valence-corrected chi connectivity index (χ4v) is 5.06. The summed E-state index contributed by atoms with van der Waals surface area (Å²) in [5.74, 6) is 3.71. The number of hydrogen-bond donors (Lipinski definition) is 3. The van der Waals surface area contributed by atoms with Crippen molar-refractivity contribution in [1.82, 2.24) is 10.7 Å². The highest BCUT2D eigenvalue weighted by molar-refractivity contribution is 7.80. The highest BCUT2D eigenvalue weighted by atomic mass is 32.1. The van der Waals surface area contributed by atoms with E-state index in [1.807, 2.05) is 0 Å². The Morgan fingerprint density at radius 1 is 1.36 bits per heavy atom. The highest BCUT2D eigenvalue weighted by Crippen LogP contribution is 2.56. The van der Waals surface area contributed by atoms with Crippen molar-refractivity contribution in [2.45, 2.75) is 25.3 Å². The van der Waals surface area contributed by atoms with Crippen molar-refractivity contribution in [2.24, 2.45) is 28.8 Å². The zero-order valence-corrected chi connectivity index (χ0v) is 15.0. The third kappa shape index (κ3) is 3.11. The number of phenolic OH excluding ortho intramolecular Hbond substituents is 1. The summed E-state index contributed by atoms with van der Waals surface area (Å²) in [5, 5.41) is 17.8. The molecule has 0 saturated heterocycles. The lowest BCUT2D eigenvalue weighted by Gasteiger charge is -2.32. The quantitative estimate of drug-likeness (QED) is 0.335. The summed E-state index contributed by atoms with van der Waals surface area (Å²) in [4.78, 5) is 0. The maximum atomic E-state index is 9.60. The Morgan fingerprint density at radius 2 is 2.24 bits per heavy atom. The standard InChI is InChI=1S/C19H23N3O2S/c1-24-18-7-11(5-6-17(18)23)10-20-22-19(25)21-16-9-12-8-15(16)14-4-2-3-13(12)14/h2,4-7,10,12-16,23H,3,8-9H2,1H3,(H2,21,22,25)/b20-10-/t12-,13+,14+,15+,16-/m1/s1. The van der Waals surface area contributed by atoms with E-state index in [1.54, 1.807) is 24.4 Å². The molecule has 5 nitrogen and oxygen atoms in total. The van der Waals surface area contributed by atoms with Crippen LogP contribution in [0.2, 0.25) is 0 Å². The monoisotopic (exact) mass is 357 g/mol. The van der Waals surface area contributed by atoms with Gasteiger partial charge in [-0.05, 0) is 78.9 Å². The number of methoxy groups -OCH3 is 1. The predicted molar refractivity (Wildman–Crippen MR) is 102 cm³/mol. The molecule has 0 aliphatic heterocycles. The summed E-state index contributed by atoms with van der Waals surface area (Å²) in [7, 11) is 1.52. The van der Waals surface area contributed by atoms with Crippen LogP contribution < -0.4 is 15.5 Å². The van der Waals surface area contributed by atoms with Gasteiger partial charge in [-0.3, -0.25) is 5.43 Å². The van der Waals surface area contributed by atoms with Crippen molar-refractivity contribution >= 4 is 23.5 Å². The molecule has 0 amide bonds. The van der Waals surface area contributed by atoms with E-state index < -0.39 is 0 Å². The average molecular weight is 357 g/mol. The van der Waals surface area contributed by atoms with E-state index in [1.165, 1.54) is 26.4 Å². The van der Waals surface area contributed by atoms with Gasteiger partial charge in [0.25, 0.3) is 0 Å². The largest absolute Gasteiger partial charge is 0.504 e. The molecule has 0 radical (unpaired) electrons. The van der Waals surface area contributed by atoms with Crippen LogP contribution in [-0.2, 0) is 0 Å². The SMILES string of the molecule is COc1cc(/C=N\NC(=S)N[C@@H]2C[C@H]3C[C@H]2[C@H]2C=CC[C@@H]32)ccc1O. The van der Waals surface area contributed by atoms with Gasteiger partial charge in [0.2, 0.25) is 0 Å². The Hall–Kier alpha value is -2.08. The lowest BCUT2D eigenvalue weighted by molar-refractivity contribution is 0.246. The minimum atomic E-state index is 0.111. The lowest BCUT2D eigenvalue weighted by atomic mass is 9.79. The van der Waals surface area contributed by atoms with Gasteiger partial charge in [0.05, 0.1) is 13.3 Å². The normalized spacial score (nSPS) is 32.1. The van der Waals surface area contributed by atoms with Gasteiger partial charge < -0.3 is 15.2 Å². The molecule has 25 heavy (non-hydrogen) atoms. The summed E-state index contributed by atoms with van der Waals surface area (Å²) in [6.45, 7) is 0. The Balaban J connectivity index is 1.30. The van der Waals surface area contributed by atoms with Crippen LogP contribution in [0.25, 0.3) is 0 Å². The number of nitrogens with zero attached hydrogens (tertiary/aromatic N) is 1. The van der Waals surface area contributed by atoms with Crippen LogP contribution in [0.4, 0.5) is 0 Å². The third-order valence-electron chi connectivity index (χ3n) is 5.91. The van der Waals surface area contributed by atoms with Crippen LogP contribution in [0.5, 0.6) is 11.5 Å². The molecule has 3 aliphatic carbocycles. The molecule has 3 N–H and O–H groups in total. The Morgan fingerprint density at radius 3 is 3.08 bits per heavy atom. The Kier molecular flexibility index (Phi) is 4.37. The van der Waals surface area contributed by atoms with Gasteiger partial charge in [0.1, 0.15) is 0 Å². The van der Waals surface area contributed by atoms with E-state index in [-0.39, 0.29) is 5.75 Å². The van der Waals surface area contributed by atoms with Crippen LogP contribution in [-0.4, -0.2) is 29.6 Å². The molecular formula is C19H23N3O2S. The number of rotatable bonds is 4. The zero-order chi connectivity index (χ0) is 17.4. The smallest absolute Gasteiger partial charge is 0.187 e. The first-order valence-corrected chi connectivity index (χ1v) is 9.20. The van der Waals surface area contributed by atoms with Crippen LogP contribution in [0.1, 0.15) is 24.8 Å². The van der Waals surface area contributed by atoms with Gasteiger partial charge in [-0.2, -0.15) is 5.10 Å². The van der Waals surface area contributed by atoms with Crippen molar-refractivity contribution in [3.8, 4) is 11.5 Å². The van der Waals surface area contributed by atoms with Crippen molar-refractivity contribution in [2.75, 3.05) is 7.11 Å². The first-order chi connectivity index (χ1) is 12.2. The van der Waals surface area contributed by atoms with E-state index >= 15 is 0 Å². The summed E-state index contributed by atoms with van der Waals surface area (Å²) < 4.78 is 5.09. The summed E-state index contributed by atoms with van der Waals surface area (Å²) in [6.07, 6.45) is 10.2. The molecular weight excluding hydrogens is 334 g/mol. The van der Waals surface area contributed by atoms with E-state index in [4.69, 9.17) is 17.0 Å². The predicted octanol–water partition coefficient (Wildman–Crippen LogP) is 2.80. The molecule has 4 rings (SSSR count). The molecule has 0 aromatic heterocycles. The van der Waals surface area contributed by atoms with Gasteiger partial charge in [0, 0.05) is 6.04 Å². The average Bonchev–Trinajstić information content (AvgIpc) is 3.29. The second-order valence-electron chi connectivity index (χ2n) is 7.18. The van der Waals surface area contributed by atoms with Gasteiger partial charge >= 0.3 is 0 Å². The van der Waals surface area contributed by atoms with Crippen molar-refractivity contribution in [1.29, 1.82) is 0 Å². The molecule has 132 valence electrons. The van der Waals surface area contributed by atoms with E-state index in [0.29, 0.717) is 22.8 Å². The van der Waals surface area contributed by atoms with Crippen LogP contribution in [0.15, 0.2) is 35.5 Å². The number of hydrogen-bond acceptors (Lipinski definition) is 4. The number of thiocarbonyl (C=S) groups is 1. The maximum absolute atomic E-state index is 9.60. The fourth-order valence-electron chi connectivity index (χ4n) is 4.85. The lowest BCUT2D eigenvalue weighted by Crippen LogP contribution is -2.45. The van der Waals surface area contributed by atoms with E-state index in [9.17, 15) is 5.11 Å². The molecule has 3 aliphatic rings. The zero-order valence-electron chi connectivity index (χ0n) is 14.2. The van der Waals surface area contributed by atoms with Crippen LogP contribution >= 0.6 is 12.2 Å². The highest BCUT2D eigenvalue weighted by Gasteiger charge is 2.52. The van der Waals surface area contributed by atoms with Gasteiger partial charge in [-0.15, -0.1) is 0 Å². The molecule has 6 heteroatoms. The first kappa shape index (κ1) is 16.4. The number of aromatic hydroxyl groups is 1. The van der Waals surface area contributed by atoms with E-state index in [0.717, 1.165) is 23.3 Å². The summed E-state index contributed by atoms with van der Waals surface area (Å²) in [6, 6.07) is 5.52. The molecule has 0 heterocycles. The Bertz CT molecular complexity index is 733. The second-order valence-corrected chi connectivity index (χ2v) is 7.59. The van der Waals surface area contributed by atoms with Crippen LogP contribution in [0, 0.1) is 23.7 Å². The van der Waals surface area contributed by atoms with Gasteiger partial charge in [-0.25, -0.2) is 0 Å². The summed E-state index contributed by atoms with van der Waals surface area (Å²) >= 11 is 5.39. The topological polar surface area (TPSA) is 65.9 Å². The number of benzene rings is 1. The van der Waals surface area contributed by atoms with Crippen LogP contribution in [0.3, 0.4) is 0 Å². The minimum absolute atomic E-state index is 0.111. The number of nitrogens with one attached hydrogen (secondary N) is 2.